The summed E-state index contributed by atoms with van der Waals surface area (Å²) in [4.78, 5) is 16.4. The number of amides is 1. The minimum absolute atomic E-state index is 0.0551. The summed E-state index contributed by atoms with van der Waals surface area (Å²) in [6.07, 6.45) is 1.72. The Balaban J connectivity index is 1.65. The molecule has 0 aliphatic rings. The summed E-state index contributed by atoms with van der Waals surface area (Å²) in [5.74, 6) is 1.03. The third-order valence-corrected chi connectivity index (χ3v) is 4.31. The summed E-state index contributed by atoms with van der Waals surface area (Å²) in [6, 6.07) is 4.48. The highest BCUT2D eigenvalue weighted by Gasteiger charge is 2.20. The highest BCUT2D eigenvalue weighted by atomic mass is 19.1. The first-order chi connectivity index (χ1) is 12.8. The smallest absolute Gasteiger partial charge is 0.225 e. The Morgan fingerprint density at radius 1 is 1.19 bits per heavy atom. The molecular weight excluding hydrogens is 347 g/mol. The van der Waals surface area contributed by atoms with Gasteiger partial charge in [-0.1, -0.05) is 20.8 Å². The molecule has 0 aliphatic carbocycles. The van der Waals surface area contributed by atoms with Crippen LogP contribution in [0, 0.1) is 18.2 Å². The van der Waals surface area contributed by atoms with E-state index in [0.717, 1.165) is 12.8 Å². The summed E-state index contributed by atoms with van der Waals surface area (Å²) in [5.41, 5.74) is 1.52. The predicted octanol–water partition coefficient (Wildman–Crippen LogP) is 3.08. The van der Waals surface area contributed by atoms with E-state index in [1.54, 1.807) is 10.5 Å². The summed E-state index contributed by atoms with van der Waals surface area (Å²) >= 11 is 0. The Kier molecular flexibility index (Phi) is 5.25. The lowest BCUT2D eigenvalue weighted by atomic mass is 9.96. The number of nitrogens with zero attached hydrogens (tertiary/aromatic N) is 4. The maximum absolute atomic E-state index is 13.6. The Labute approximate surface area is 157 Å². The molecule has 2 N–H and O–H groups in total. The van der Waals surface area contributed by atoms with E-state index in [-0.39, 0.29) is 17.1 Å². The summed E-state index contributed by atoms with van der Waals surface area (Å²) in [5, 5.41) is 14.5. The fourth-order valence-electron chi connectivity index (χ4n) is 2.79. The first kappa shape index (κ1) is 19.0. The number of carbonyl (C=O) groups excluding carboxylic acids is 1. The van der Waals surface area contributed by atoms with Crippen molar-refractivity contribution in [3.63, 3.8) is 0 Å². The average molecular weight is 372 g/mol. The van der Waals surface area contributed by atoms with Crippen LogP contribution >= 0.6 is 0 Å². The molecular formula is C19H25FN6O. The van der Waals surface area contributed by atoms with Crippen molar-refractivity contribution < 1.29 is 9.18 Å². The molecule has 0 aliphatic heterocycles. The Hall–Kier alpha value is -2.77. The number of unbranched alkanes of at least 4 members (excludes halogenated alkanes) is 1. The summed E-state index contributed by atoms with van der Waals surface area (Å²) < 4.78 is 15.4. The number of aromatic nitrogens is 4. The third kappa shape index (κ3) is 4.15. The second-order valence-corrected chi connectivity index (χ2v) is 7.64. The molecule has 2 aromatic heterocycles. The van der Waals surface area contributed by atoms with Crippen LogP contribution in [0.15, 0.2) is 18.2 Å². The highest BCUT2D eigenvalue weighted by molar-refractivity contribution is 5.83. The van der Waals surface area contributed by atoms with Crippen molar-refractivity contribution >= 4 is 28.4 Å². The zero-order chi connectivity index (χ0) is 19.6. The van der Waals surface area contributed by atoms with Crippen molar-refractivity contribution in [1.82, 2.24) is 24.9 Å². The molecule has 1 amide bonds. The van der Waals surface area contributed by atoms with Gasteiger partial charge in [0.2, 0.25) is 11.6 Å². The zero-order valence-corrected chi connectivity index (χ0v) is 16.1. The number of halogens is 1. The van der Waals surface area contributed by atoms with E-state index in [0.29, 0.717) is 41.4 Å². The molecule has 2 heterocycles. The number of benzene rings is 1. The van der Waals surface area contributed by atoms with Crippen LogP contribution in [0.1, 0.15) is 39.4 Å². The lowest BCUT2D eigenvalue weighted by Gasteiger charge is -2.17. The average Bonchev–Trinajstić information content (AvgIpc) is 2.99. The molecule has 1 aromatic carbocycles. The zero-order valence-electron chi connectivity index (χ0n) is 16.1. The fourth-order valence-corrected chi connectivity index (χ4v) is 2.79. The number of hydrogen-bond donors (Lipinski definition) is 2. The monoisotopic (exact) mass is 372 g/mol. The van der Waals surface area contributed by atoms with Crippen LogP contribution in [0.5, 0.6) is 0 Å². The lowest BCUT2D eigenvalue weighted by Crippen LogP contribution is -2.35. The molecule has 0 radical (unpaired) electrons. The maximum Gasteiger partial charge on any atom is 0.225 e. The number of hydrogen-bond acceptors (Lipinski definition) is 5. The minimum atomic E-state index is -0.371. The van der Waals surface area contributed by atoms with Crippen LogP contribution in [0.3, 0.4) is 0 Å². The highest BCUT2D eigenvalue weighted by Crippen LogP contribution is 2.22. The quantitative estimate of drug-likeness (QED) is 0.650. The molecule has 0 saturated heterocycles. The van der Waals surface area contributed by atoms with Gasteiger partial charge in [-0.3, -0.25) is 9.20 Å². The van der Waals surface area contributed by atoms with Gasteiger partial charge < -0.3 is 10.6 Å². The molecule has 3 rings (SSSR count). The van der Waals surface area contributed by atoms with E-state index in [9.17, 15) is 9.18 Å². The van der Waals surface area contributed by atoms with Crippen molar-refractivity contribution in [2.75, 3.05) is 18.4 Å². The first-order valence-corrected chi connectivity index (χ1v) is 9.10. The molecule has 144 valence electrons. The number of aryl methyl sites for hydroxylation is 1. The van der Waals surface area contributed by atoms with E-state index in [1.165, 1.54) is 12.1 Å². The second-order valence-electron chi connectivity index (χ2n) is 7.64. The van der Waals surface area contributed by atoms with Gasteiger partial charge in [-0.25, -0.2) is 9.37 Å². The minimum Gasteiger partial charge on any atom is -0.367 e. The number of fused-ring (bicyclic) bond motifs is 3. The number of carbonyl (C=O) groups is 1. The summed E-state index contributed by atoms with van der Waals surface area (Å²) in [7, 11) is 0. The van der Waals surface area contributed by atoms with Crippen molar-refractivity contribution in [3.05, 3.63) is 29.8 Å². The number of anilines is 1. The van der Waals surface area contributed by atoms with Crippen molar-refractivity contribution in [3.8, 4) is 0 Å². The van der Waals surface area contributed by atoms with Gasteiger partial charge in [0, 0.05) is 24.6 Å². The maximum atomic E-state index is 13.6. The summed E-state index contributed by atoms with van der Waals surface area (Å²) in [6.45, 7) is 8.84. The number of nitrogens with one attached hydrogen (secondary N) is 2. The SMILES string of the molecule is Cc1nnc2c(NCCCCNC(=O)C(C)(C)C)nc3ccc(F)cc3n12. The number of rotatable bonds is 6. The molecule has 3 aromatic rings. The van der Waals surface area contributed by atoms with Crippen molar-refractivity contribution in [2.45, 2.75) is 40.5 Å². The van der Waals surface area contributed by atoms with Gasteiger partial charge >= 0.3 is 0 Å². The van der Waals surface area contributed by atoms with Crippen LogP contribution in [0.25, 0.3) is 16.7 Å². The van der Waals surface area contributed by atoms with Gasteiger partial charge in [0.05, 0.1) is 11.0 Å². The molecule has 0 saturated carbocycles. The Morgan fingerprint density at radius 2 is 1.93 bits per heavy atom. The van der Waals surface area contributed by atoms with Crippen LogP contribution in [0.4, 0.5) is 10.2 Å². The predicted molar refractivity (Wildman–Crippen MR) is 103 cm³/mol. The van der Waals surface area contributed by atoms with Gasteiger partial charge in [0.15, 0.2) is 5.82 Å². The van der Waals surface area contributed by atoms with Crippen molar-refractivity contribution in [1.29, 1.82) is 0 Å². The lowest BCUT2D eigenvalue weighted by molar-refractivity contribution is -0.128. The fraction of sp³-hybridized carbons (Fsp3) is 0.474. The van der Waals surface area contributed by atoms with E-state index >= 15 is 0 Å². The van der Waals surface area contributed by atoms with Crippen LogP contribution < -0.4 is 10.6 Å². The molecule has 0 bridgehead atoms. The molecule has 7 nitrogen and oxygen atoms in total. The van der Waals surface area contributed by atoms with Gasteiger partial charge in [-0.15, -0.1) is 10.2 Å². The van der Waals surface area contributed by atoms with Crippen LogP contribution in [0.2, 0.25) is 0 Å². The largest absolute Gasteiger partial charge is 0.367 e. The van der Waals surface area contributed by atoms with E-state index in [1.807, 2.05) is 27.7 Å². The van der Waals surface area contributed by atoms with Crippen LogP contribution in [-0.4, -0.2) is 38.6 Å². The van der Waals surface area contributed by atoms with E-state index in [2.05, 4.69) is 25.8 Å². The van der Waals surface area contributed by atoms with Gasteiger partial charge in [-0.05, 0) is 31.9 Å². The van der Waals surface area contributed by atoms with Gasteiger partial charge in [-0.2, -0.15) is 0 Å². The molecule has 0 atom stereocenters. The molecule has 27 heavy (non-hydrogen) atoms. The normalized spacial score (nSPS) is 11.9. The Bertz CT molecular complexity index is 976. The van der Waals surface area contributed by atoms with Crippen LogP contribution in [-0.2, 0) is 4.79 Å². The van der Waals surface area contributed by atoms with E-state index in [4.69, 9.17) is 0 Å². The Morgan fingerprint density at radius 3 is 2.67 bits per heavy atom. The van der Waals surface area contributed by atoms with E-state index < -0.39 is 0 Å². The topological polar surface area (TPSA) is 84.2 Å². The molecule has 0 spiro atoms. The molecule has 8 heteroatoms. The molecule has 0 unspecified atom stereocenters. The second kappa shape index (κ2) is 7.46. The third-order valence-electron chi connectivity index (χ3n) is 4.31. The first-order valence-electron chi connectivity index (χ1n) is 9.10. The van der Waals surface area contributed by atoms with Gasteiger partial charge in [0.25, 0.3) is 0 Å². The van der Waals surface area contributed by atoms with Crippen molar-refractivity contribution in [2.24, 2.45) is 5.41 Å². The van der Waals surface area contributed by atoms with Gasteiger partial charge in [0.1, 0.15) is 11.6 Å². The standard InChI is InChI=1S/C19H25FN6O/c1-12-24-25-17-16(21-9-5-6-10-22-18(27)19(2,3)4)23-14-8-7-13(20)11-15(14)26(12)17/h7-8,11H,5-6,9-10H2,1-4H3,(H,21,23)(H,22,27). The molecule has 0 fully saturated rings.